The smallest absolute Gasteiger partial charge is 0.283 e. The van der Waals surface area contributed by atoms with Gasteiger partial charge in [0.05, 0.1) is 22.7 Å². The number of carbonyl (C=O) groups excluding carboxylic acids is 1. The predicted octanol–water partition coefficient (Wildman–Crippen LogP) is 3.35. The fourth-order valence-corrected chi connectivity index (χ4v) is 6.58. The fraction of sp³-hybridized carbons (Fsp3) is 0.296. The van der Waals surface area contributed by atoms with Gasteiger partial charge in [0.2, 0.25) is 0 Å². The Bertz CT molecular complexity index is 1540. The highest BCUT2D eigenvalue weighted by Crippen LogP contribution is 2.46. The molecule has 2 aliphatic rings. The van der Waals surface area contributed by atoms with Gasteiger partial charge >= 0.3 is 0 Å². The molecule has 1 amide bonds. The first-order valence-corrected chi connectivity index (χ1v) is 12.3. The molecule has 0 saturated heterocycles. The van der Waals surface area contributed by atoms with Crippen LogP contribution < -0.4 is 24.7 Å². The highest BCUT2D eigenvalue weighted by Gasteiger charge is 2.40. The van der Waals surface area contributed by atoms with Crippen molar-refractivity contribution in [3.63, 3.8) is 0 Å². The number of likely N-dealkylation sites (N-methyl/N-ethyl adjacent to an activating group) is 1. The van der Waals surface area contributed by atoms with Crippen LogP contribution in [-0.2, 0) is 16.8 Å². The highest BCUT2D eigenvalue weighted by molar-refractivity contribution is 7.08. The standard InChI is InChI=1S/C27H28N4O2S/c1-7-30-25(33)22(23-27(4,5)19-10-8-9-11-20(19)29(23)6)34-26(30)21-17(3)28-31(24(21)32)18-14-12-16(2)13-15-18/h8-15H,7H2,1-6H3/b23-22+,26-21+. The summed E-state index contributed by atoms with van der Waals surface area (Å²) in [5.41, 5.74) is 5.81. The minimum absolute atomic E-state index is 0.0629. The summed E-state index contributed by atoms with van der Waals surface area (Å²) in [7, 11) is 2.01. The van der Waals surface area contributed by atoms with Crippen LogP contribution in [0, 0.1) is 6.92 Å². The Labute approximate surface area is 202 Å². The average Bonchev–Trinajstić information content (AvgIpc) is 3.35. The van der Waals surface area contributed by atoms with Crippen molar-refractivity contribution in [1.29, 1.82) is 0 Å². The molecule has 0 aliphatic carbocycles. The van der Waals surface area contributed by atoms with E-state index in [9.17, 15) is 9.59 Å². The minimum atomic E-state index is -0.334. The second-order valence-electron chi connectivity index (χ2n) is 9.35. The van der Waals surface area contributed by atoms with E-state index in [1.165, 1.54) is 21.9 Å². The van der Waals surface area contributed by atoms with Crippen molar-refractivity contribution in [3.05, 3.63) is 79.2 Å². The third kappa shape index (κ3) is 3.10. The van der Waals surface area contributed by atoms with Gasteiger partial charge < -0.3 is 4.90 Å². The lowest BCUT2D eigenvalue weighted by molar-refractivity contribution is -0.112. The van der Waals surface area contributed by atoms with Crippen LogP contribution in [0.25, 0.3) is 11.3 Å². The maximum absolute atomic E-state index is 13.7. The SMILES string of the molecule is CCn1c(=O)/c(=C2\N(C)c3ccccc3C2(C)C)s/c1=C1/C(=O)N(c2ccc(C)cc2)N=C1C. The summed E-state index contributed by atoms with van der Waals surface area (Å²) in [5, 5.41) is 5.99. The quantitative estimate of drug-likeness (QED) is 0.575. The van der Waals surface area contributed by atoms with Crippen molar-refractivity contribution < 1.29 is 4.79 Å². The van der Waals surface area contributed by atoms with Crippen LogP contribution in [0.1, 0.15) is 38.8 Å². The largest absolute Gasteiger partial charge is 0.346 e. The number of carbonyl (C=O) groups is 1. The van der Waals surface area contributed by atoms with E-state index in [0.29, 0.717) is 32.7 Å². The summed E-state index contributed by atoms with van der Waals surface area (Å²) < 4.78 is 3.04. The Morgan fingerprint density at radius 1 is 1.00 bits per heavy atom. The first kappa shape index (κ1) is 22.3. The summed E-state index contributed by atoms with van der Waals surface area (Å²) >= 11 is 1.40. The summed E-state index contributed by atoms with van der Waals surface area (Å²) in [5.74, 6) is -0.205. The van der Waals surface area contributed by atoms with Gasteiger partial charge in [-0.2, -0.15) is 10.1 Å². The van der Waals surface area contributed by atoms with Crippen LogP contribution >= 0.6 is 11.3 Å². The molecule has 0 spiro atoms. The second-order valence-corrected chi connectivity index (χ2v) is 10.3. The molecule has 0 bridgehead atoms. The van der Waals surface area contributed by atoms with E-state index in [2.05, 4.69) is 36.0 Å². The summed E-state index contributed by atoms with van der Waals surface area (Å²) in [6.07, 6.45) is 0. The van der Waals surface area contributed by atoms with E-state index < -0.39 is 0 Å². The zero-order chi connectivity index (χ0) is 24.4. The third-order valence-electron chi connectivity index (χ3n) is 6.79. The van der Waals surface area contributed by atoms with Gasteiger partial charge in [-0.25, -0.2) is 0 Å². The first-order chi connectivity index (χ1) is 16.2. The van der Waals surface area contributed by atoms with Crippen LogP contribution in [-0.4, -0.2) is 23.2 Å². The van der Waals surface area contributed by atoms with Crippen LogP contribution in [0.5, 0.6) is 0 Å². The average molecular weight is 473 g/mol. The van der Waals surface area contributed by atoms with Crippen molar-refractivity contribution in [2.75, 3.05) is 17.0 Å². The van der Waals surface area contributed by atoms with Gasteiger partial charge in [-0.1, -0.05) is 49.7 Å². The number of anilines is 2. The Morgan fingerprint density at radius 2 is 1.68 bits per heavy atom. The molecule has 0 fully saturated rings. The van der Waals surface area contributed by atoms with Crippen molar-refractivity contribution in [2.24, 2.45) is 5.10 Å². The number of rotatable bonds is 2. The molecule has 174 valence electrons. The van der Waals surface area contributed by atoms with Gasteiger partial charge in [-0.05, 0) is 44.5 Å². The van der Waals surface area contributed by atoms with Crippen LogP contribution in [0.4, 0.5) is 11.4 Å². The molecule has 2 aliphatic heterocycles. The number of benzene rings is 2. The number of nitrogens with zero attached hydrogens (tertiary/aromatic N) is 4. The summed E-state index contributed by atoms with van der Waals surface area (Å²) in [4.78, 5) is 29.3. The Morgan fingerprint density at radius 3 is 2.32 bits per heavy atom. The number of thiazole rings is 1. The summed E-state index contributed by atoms with van der Waals surface area (Å²) in [6, 6.07) is 16.0. The lowest BCUT2D eigenvalue weighted by Gasteiger charge is -2.23. The van der Waals surface area contributed by atoms with E-state index in [-0.39, 0.29) is 16.9 Å². The molecule has 5 rings (SSSR count). The van der Waals surface area contributed by atoms with E-state index in [0.717, 1.165) is 16.9 Å². The van der Waals surface area contributed by atoms with Crippen molar-refractivity contribution in [3.8, 4) is 0 Å². The molecule has 2 aromatic carbocycles. The molecular formula is C27H28N4O2S. The molecule has 7 heteroatoms. The molecule has 0 unspecified atom stereocenters. The van der Waals surface area contributed by atoms with Crippen LogP contribution in [0.15, 0.2) is 58.4 Å². The van der Waals surface area contributed by atoms with Crippen molar-refractivity contribution >= 4 is 45.6 Å². The van der Waals surface area contributed by atoms with E-state index in [4.69, 9.17) is 0 Å². The zero-order valence-electron chi connectivity index (χ0n) is 20.3. The van der Waals surface area contributed by atoms with Crippen LogP contribution in [0.3, 0.4) is 0 Å². The molecule has 6 nitrogen and oxygen atoms in total. The number of amides is 1. The second kappa shape index (κ2) is 7.81. The maximum Gasteiger partial charge on any atom is 0.283 e. The van der Waals surface area contributed by atoms with Crippen LogP contribution in [0.2, 0.25) is 0 Å². The molecule has 34 heavy (non-hydrogen) atoms. The highest BCUT2D eigenvalue weighted by atomic mass is 32.1. The topological polar surface area (TPSA) is 57.9 Å². The number of para-hydroxylation sites is 1. The van der Waals surface area contributed by atoms with Gasteiger partial charge in [-0.15, -0.1) is 11.3 Å². The molecule has 3 heterocycles. The van der Waals surface area contributed by atoms with Gasteiger partial charge in [-0.3, -0.25) is 14.2 Å². The number of aromatic nitrogens is 1. The number of aryl methyl sites for hydroxylation is 1. The lowest BCUT2D eigenvalue weighted by atomic mass is 9.84. The van der Waals surface area contributed by atoms with E-state index >= 15 is 0 Å². The molecule has 0 atom stereocenters. The van der Waals surface area contributed by atoms with Gasteiger partial charge in [0, 0.05) is 24.7 Å². The van der Waals surface area contributed by atoms with Crippen molar-refractivity contribution in [1.82, 2.24) is 4.57 Å². The first-order valence-electron chi connectivity index (χ1n) is 11.5. The maximum atomic E-state index is 13.7. The predicted molar refractivity (Wildman–Crippen MR) is 140 cm³/mol. The molecule has 1 aromatic heterocycles. The Hall–Kier alpha value is -3.45. The molecule has 0 radical (unpaired) electrons. The number of hydrogen-bond donors (Lipinski definition) is 0. The number of hydrogen-bond acceptors (Lipinski definition) is 5. The molecular weight excluding hydrogens is 444 g/mol. The van der Waals surface area contributed by atoms with E-state index in [1.807, 2.05) is 64.2 Å². The third-order valence-corrected chi connectivity index (χ3v) is 7.98. The summed E-state index contributed by atoms with van der Waals surface area (Å²) in [6.45, 7) is 10.6. The Balaban J connectivity index is 1.77. The van der Waals surface area contributed by atoms with E-state index in [1.54, 1.807) is 4.57 Å². The Kier molecular flexibility index (Phi) is 5.13. The van der Waals surface area contributed by atoms with Crippen molar-refractivity contribution in [2.45, 2.75) is 46.6 Å². The molecule has 0 saturated carbocycles. The number of hydrazone groups is 1. The lowest BCUT2D eigenvalue weighted by Crippen LogP contribution is -2.38. The number of fused-ring (bicyclic) bond motifs is 1. The fourth-order valence-electron chi connectivity index (χ4n) is 5.04. The molecule has 0 N–H and O–H groups in total. The van der Waals surface area contributed by atoms with Gasteiger partial charge in [0.1, 0.15) is 9.20 Å². The monoisotopic (exact) mass is 472 g/mol. The zero-order valence-corrected chi connectivity index (χ0v) is 21.2. The minimum Gasteiger partial charge on any atom is -0.346 e. The van der Waals surface area contributed by atoms with Gasteiger partial charge in [0.15, 0.2) is 0 Å². The normalized spacial score (nSPS) is 20.2. The van der Waals surface area contributed by atoms with Gasteiger partial charge in [0.25, 0.3) is 11.5 Å². The molecule has 3 aromatic rings.